The second-order valence-electron chi connectivity index (χ2n) is 7.95. The number of rotatable bonds is 8. The van der Waals surface area contributed by atoms with Gasteiger partial charge in [-0.05, 0) is 30.7 Å². The molecule has 0 fully saturated rings. The molecule has 1 heterocycles. The zero-order chi connectivity index (χ0) is 26.8. The molecule has 5 N–H and O–H groups in total. The molecule has 0 unspecified atom stereocenters. The number of amides is 2. The first-order valence-corrected chi connectivity index (χ1v) is 11.3. The number of carboxylic acids is 1. The van der Waals surface area contributed by atoms with Gasteiger partial charge in [0, 0.05) is 38.3 Å². The van der Waals surface area contributed by atoms with E-state index in [1.54, 1.807) is 38.2 Å². The summed E-state index contributed by atoms with van der Waals surface area (Å²) >= 11 is 0. The number of anilines is 2. The minimum Gasteiger partial charge on any atom is -0.481 e. The summed E-state index contributed by atoms with van der Waals surface area (Å²) in [5, 5.41) is 18.2. The van der Waals surface area contributed by atoms with Crippen LogP contribution in [0.25, 0.3) is 0 Å². The largest absolute Gasteiger partial charge is 0.481 e. The summed E-state index contributed by atoms with van der Waals surface area (Å²) in [6.45, 7) is 3.58. The fraction of sp³-hybridized carbons (Fsp3) is 0.320. The Morgan fingerprint density at radius 3 is 2.39 bits per heavy atom. The Bertz CT molecular complexity index is 1130. The minimum absolute atomic E-state index is 0.0138. The molecule has 3 rings (SSSR count). The van der Waals surface area contributed by atoms with Crippen LogP contribution in [-0.4, -0.2) is 66.3 Å². The van der Waals surface area contributed by atoms with Crippen LogP contribution in [0.5, 0.6) is 0 Å². The summed E-state index contributed by atoms with van der Waals surface area (Å²) in [4.78, 5) is 49.3. The van der Waals surface area contributed by atoms with Crippen molar-refractivity contribution in [3.05, 3.63) is 59.2 Å². The van der Waals surface area contributed by atoms with E-state index in [4.69, 9.17) is 25.8 Å². The van der Waals surface area contributed by atoms with Crippen LogP contribution in [0.3, 0.4) is 0 Å². The molecule has 36 heavy (non-hydrogen) atoms. The Kier molecular flexibility index (Phi) is 9.96. The number of aliphatic carboxylic acids is 1. The highest BCUT2D eigenvalue weighted by atomic mass is 16.5. The number of carbonyl (C=O) groups excluding carboxylic acids is 3. The number of likely N-dealkylation sites (N-methyl/N-ethyl adjacent to an activating group) is 1. The van der Waals surface area contributed by atoms with Crippen molar-refractivity contribution in [1.29, 1.82) is 5.41 Å². The molecule has 0 atom stereocenters. The van der Waals surface area contributed by atoms with E-state index in [2.05, 4.69) is 5.32 Å². The Hall–Kier alpha value is -4.41. The number of nitrogens with one attached hydrogen (secondary N) is 2. The van der Waals surface area contributed by atoms with Gasteiger partial charge in [-0.15, -0.1) is 0 Å². The first-order chi connectivity index (χ1) is 17.0. The molecule has 0 radical (unpaired) electrons. The fourth-order valence-electron chi connectivity index (χ4n) is 3.40. The zero-order valence-electron chi connectivity index (χ0n) is 20.5. The summed E-state index contributed by atoms with van der Waals surface area (Å²) in [5.74, 6) is -1.76. The van der Waals surface area contributed by atoms with E-state index in [9.17, 15) is 14.4 Å². The second-order valence-corrected chi connectivity index (χ2v) is 7.95. The normalized spacial score (nSPS) is 12.6. The van der Waals surface area contributed by atoms with Crippen LogP contribution in [0.1, 0.15) is 41.8 Å². The van der Waals surface area contributed by atoms with Crippen molar-refractivity contribution < 1.29 is 29.0 Å². The third-order valence-corrected chi connectivity index (χ3v) is 5.23. The Morgan fingerprint density at radius 1 is 1.17 bits per heavy atom. The molecule has 0 aromatic heterocycles. The van der Waals surface area contributed by atoms with Gasteiger partial charge < -0.3 is 30.7 Å². The summed E-state index contributed by atoms with van der Waals surface area (Å²) < 4.78 is 4.93. The lowest BCUT2D eigenvalue weighted by atomic mass is 10.1. The van der Waals surface area contributed by atoms with Gasteiger partial charge in [0.05, 0.1) is 24.3 Å². The highest BCUT2D eigenvalue weighted by molar-refractivity contribution is 6.10. The smallest absolute Gasteiger partial charge is 0.307 e. The van der Waals surface area contributed by atoms with Crippen molar-refractivity contribution in [2.24, 2.45) is 5.73 Å². The minimum atomic E-state index is -0.833. The van der Waals surface area contributed by atoms with E-state index in [1.807, 2.05) is 18.2 Å². The average molecular weight is 498 g/mol. The summed E-state index contributed by atoms with van der Waals surface area (Å²) in [6, 6.07) is 12.6. The van der Waals surface area contributed by atoms with Gasteiger partial charge in [-0.25, -0.2) is 0 Å². The molecule has 2 aromatic carbocycles. The lowest BCUT2D eigenvalue weighted by Gasteiger charge is -2.19. The van der Waals surface area contributed by atoms with Crippen LogP contribution in [0, 0.1) is 5.41 Å². The number of benzene rings is 2. The van der Waals surface area contributed by atoms with Crippen molar-refractivity contribution >= 4 is 41.0 Å². The average Bonchev–Trinajstić information content (AvgIpc) is 2.92. The van der Waals surface area contributed by atoms with Crippen molar-refractivity contribution in [3.8, 4) is 0 Å². The number of nitrogens with zero attached hydrogens (tertiary/aromatic N) is 2. The van der Waals surface area contributed by atoms with Gasteiger partial charge >= 0.3 is 5.97 Å². The molecule has 11 nitrogen and oxygen atoms in total. The Balaban J connectivity index is 0.00000106. The van der Waals surface area contributed by atoms with Gasteiger partial charge in [-0.2, -0.15) is 0 Å². The highest BCUT2D eigenvalue weighted by Gasteiger charge is 2.30. The molecule has 2 aromatic rings. The molecular formula is C25H31N5O6. The van der Waals surface area contributed by atoms with Crippen molar-refractivity contribution in [3.63, 3.8) is 0 Å². The van der Waals surface area contributed by atoms with Gasteiger partial charge in [-0.1, -0.05) is 24.3 Å². The second kappa shape index (κ2) is 12.9. The molecular weight excluding hydrogens is 466 g/mol. The van der Waals surface area contributed by atoms with E-state index in [0.717, 1.165) is 18.2 Å². The van der Waals surface area contributed by atoms with Crippen LogP contribution in [0.2, 0.25) is 0 Å². The van der Waals surface area contributed by atoms with E-state index in [-0.39, 0.29) is 43.8 Å². The molecule has 1 aliphatic rings. The molecule has 0 aliphatic carbocycles. The maximum atomic E-state index is 13.2. The topological polar surface area (TPSA) is 166 Å². The molecule has 0 saturated heterocycles. The summed E-state index contributed by atoms with van der Waals surface area (Å²) in [6.07, 6.45) is 0.0279. The molecule has 0 spiro atoms. The fourth-order valence-corrected chi connectivity index (χ4v) is 3.40. The molecule has 0 saturated carbocycles. The maximum absolute atomic E-state index is 13.2. The third-order valence-electron chi connectivity index (χ3n) is 5.23. The summed E-state index contributed by atoms with van der Waals surface area (Å²) in [7, 11) is 1.63. The van der Waals surface area contributed by atoms with Crippen LogP contribution >= 0.6 is 0 Å². The quantitative estimate of drug-likeness (QED) is 0.244. The predicted molar refractivity (Wildman–Crippen MR) is 135 cm³/mol. The van der Waals surface area contributed by atoms with Crippen LogP contribution in [-0.2, 0) is 25.7 Å². The van der Waals surface area contributed by atoms with E-state index in [0.29, 0.717) is 23.4 Å². The van der Waals surface area contributed by atoms with E-state index < -0.39 is 11.9 Å². The Morgan fingerprint density at radius 2 is 1.81 bits per heavy atom. The number of ether oxygens (including phenoxy) is 1. The van der Waals surface area contributed by atoms with Gasteiger partial charge in [0.25, 0.3) is 11.9 Å². The number of amidine groups is 1. The van der Waals surface area contributed by atoms with Crippen molar-refractivity contribution in [2.75, 3.05) is 37.0 Å². The zero-order valence-corrected chi connectivity index (χ0v) is 20.5. The van der Waals surface area contributed by atoms with Crippen molar-refractivity contribution in [2.45, 2.75) is 26.8 Å². The van der Waals surface area contributed by atoms with E-state index in [1.165, 1.54) is 9.80 Å². The number of carbonyl (C=O) groups is 4. The third kappa shape index (κ3) is 7.83. The highest BCUT2D eigenvalue weighted by Crippen LogP contribution is 2.28. The van der Waals surface area contributed by atoms with Crippen molar-refractivity contribution in [1.82, 2.24) is 4.90 Å². The number of nitrogen functional groups attached to an aromatic ring is 1. The molecule has 1 aliphatic heterocycles. The maximum Gasteiger partial charge on any atom is 0.307 e. The number of hydrogen-bond acceptors (Lipinski definition) is 7. The Labute approximate surface area is 209 Å². The first kappa shape index (κ1) is 27.8. The van der Waals surface area contributed by atoms with Crippen LogP contribution < -0.4 is 16.0 Å². The van der Waals surface area contributed by atoms with Gasteiger partial charge in [0.1, 0.15) is 12.4 Å². The molecule has 0 bridgehead atoms. The monoisotopic (exact) mass is 497 g/mol. The van der Waals surface area contributed by atoms with Gasteiger partial charge in [0.2, 0.25) is 5.91 Å². The van der Waals surface area contributed by atoms with Gasteiger partial charge in [-0.3, -0.25) is 24.6 Å². The number of esters is 1. The first-order valence-electron chi connectivity index (χ1n) is 11.3. The molecule has 11 heteroatoms. The number of nitrogens with two attached hydrogens (primary N) is 1. The number of fused-ring (bicyclic) bond motifs is 1. The SMILES string of the molecule is CC(=O)O.CCOC(=O)CCN1CC(=O)N(C)c2ccc(NCc3ccc(C(=N)N)cc3)cc2C1=O. The van der Waals surface area contributed by atoms with E-state index >= 15 is 0 Å². The number of hydrogen-bond donors (Lipinski definition) is 4. The lowest BCUT2D eigenvalue weighted by molar-refractivity contribution is -0.143. The van der Waals surface area contributed by atoms with Crippen LogP contribution in [0.4, 0.5) is 11.4 Å². The number of carboxylic acid groups (broad SMARTS) is 1. The lowest BCUT2D eigenvalue weighted by Crippen LogP contribution is -2.39. The van der Waals surface area contributed by atoms with Crippen LogP contribution in [0.15, 0.2) is 42.5 Å². The predicted octanol–water partition coefficient (Wildman–Crippen LogP) is 2.05. The molecule has 192 valence electrons. The molecule has 2 amide bonds. The van der Waals surface area contributed by atoms with Gasteiger partial charge in [0.15, 0.2) is 0 Å². The summed E-state index contributed by atoms with van der Waals surface area (Å²) in [5.41, 5.74) is 8.76. The standard InChI is InChI=1S/C23H27N5O4.C2H4O2/c1-3-32-21(30)10-11-28-14-20(29)27(2)19-9-8-17(12-18(19)23(28)31)26-13-15-4-6-16(7-5-15)22(24)25;1-2(3)4/h4-9,12,26H,3,10-11,13-14H2,1-2H3,(H3,24,25);1H3,(H,3,4).